The minimum atomic E-state index is 0.0905. The second-order valence-electron chi connectivity index (χ2n) is 8.15. The van der Waals surface area contributed by atoms with Gasteiger partial charge in [0.05, 0.1) is 35.3 Å². The van der Waals surface area contributed by atoms with Gasteiger partial charge in [0.1, 0.15) is 17.0 Å². The van der Waals surface area contributed by atoms with E-state index in [0.29, 0.717) is 13.2 Å². The standard InChI is InChI=1S/C21H26N6O2S/c1-13-12-29-10-9-27(13)17-11-16(23-21(28)14-5-3-2-4-6-14)20-19(24-17)18(26-30-20)15-7-8-22-25-15/h7-8,11,13-14H,2-6,9-10,12H2,1H3,(H,22,25)(H,23,24,28)/t13-/m1/s1. The molecule has 158 valence electrons. The van der Waals surface area contributed by atoms with Crippen molar-refractivity contribution in [1.82, 2.24) is 19.6 Å². The Kier molecular flexibility index (Phi) is 5.39. The van der Waals surface area contributed by atoms with Crippen LogP contribution in [0.5, 0.6) is 0 Å². The molecule has 2 N–H and O–H groups in total. The number of aromatic amines is 1. The number of hydrogen-bond acceptors (Lipinski definition) is 7. The number of nitrogens with one attached hydrogen (secondary N) is 2. The van der Waals surface area contributed by atoms with Crippen LogP contribution in [0, 0.1) is 5.92 Å². The third-order valence-electron chi connectivity index (χ3n) is 6.06. The minimum Gasteiger partial charge on any atom is -0.377 e. The van der Waals surface area contributed by atoms with Crippen molar-refractivity contribution in [3.05, 3.63) is 18.3 Å². The van der Waals surface area contributed by atoms with Crippen LogP contribution in [-0.2, 0) is 9.53 Å². The second kappa shape index (κ2) is 8.31. The fourth-order valence-corrected chi connectivity index (χ4v) is 5.18. The number of rotatable bonds is 4. The maximum atomic E-state index is 13.0. The van der Waals surface area contributed by atoms with E-state index in [1.54, 1.807) is 6.20 Å². The van der Waals surface area contributed by atoms with Gasteiger partial charge in [0.15, 0.2) is 0 Å². The van der Waals surface area contributed by atoms with E-state index in [0.717, 1.165) is 65.3 Å². The third-order valence-corrected chi connectivity index (χ3v) is 6.93. The molecule has 0 radical (unpaired) electrons. The van der Waals surface area contributed by atoms with Gasteiger partial charge in [-0.25, -0.2) is 4.98 Å². The molecule has 5 rings (SSSR count). The number of morpholine rings is 1. The van der Waals surface area contributed by atoms with E-state index >= 15 is 0 Å². The first kappa shape index (κ1) is 19.4. The number of ether oxygens (including phenoxy) is 1. The van der Waals surface area contributed by atoms with Crippen LogP contribution in [0.2, 0.25) is 0 Å². The van der Waals surface area contributed by atoms with Crippen LogP contribution in [0.1, 0.15) is 39.0 Å². The number of H-pyrrole nitrogens is 1. The summed E-state index contributed by atoms with van der Waals surface area (Å²) in [4.78, 5) is 20.2. The SMILES string of the molecule is C[C@@H]1COCCN1c1cc(NC(=O)C2CCCCC2)c2snc(-c3ccn[nH]3)c2n1. The lowest BCUT2D eigenvalue weighted by Crippen LogP contribution is -2.44. The maximum absolute atomic E-state index is 13.0. The molecule has 1 atom stereocenters. The Hall–Kier alpha value is -2.52. The van der Waals surface area contributed by atoms with Crippen molar-refractivity contribution in [2.75, 3.05) is 30.0 Å². The van der Waals surface area contributed by atoms with Crippen molar-refractivity contribution in [2.45, 2.75) is 45.1 Å². The van der Waals surface area contributed by atoms with Gasteiger partial charge in [-0.05, 0) is 37.4 Å². The van der Waals surface area contributed by atoms with Crippen LogP contribution in [-0.4, -0.2) is 51.3 Å². The molecule has 1 saturated heterocycles. The topological polar surface area (TPSA) is 96.0 Å². The predicted octanol–water partition coefficient (Wildman–Crippen LogP) is 3.83. The van der Waals surface area contributed by atoms with Gasteiger partial charge in [-0.1, -0.05) is 19.3 Å². The zero-order valence-electron chi connectivity index (χ0n) is 17.1. The Morgan fingerprint density at radius 1 is 1.33 bits per heavy atom. The van der Waals surface area contributed by atoms with E-state index in [1.807, 2.05) is 12.1 Å². The number of pyridine rings is 1. The number of nitrogens with zero attached hydrogens (tertiary/aromatic N) is 4. The number of hydrogen-bond donors (Lipinski definition) is 2. The average Bonchev–Trinajstić information content (AvgIpc) is 3.44. The zero-order valence-corrected chi connectivity index (χ0v) is 17.9. The van der Waals surface area contributed by atoms with E-state index < -0.39 is 0 Å². The Labute approximate surface area is 179 Å². The summed E-state index contributed by atoms with van der Waals surface area (Å²) in [6.45, 7) is 4.24. The monoisotopic (exact) mass is 426 g/mol. The first-order valence-corrected chi connectivity index (χ1v) is 11.4. The Bertz CT molecular complexity index is 1030. The molecular weight excluding hydrogens is 400 g/mol. The molecule has 8 nitrogen and oxygen atoms in total. The van der Waals surface area contributed by atoms with Crippen LogP contribution in [0.15, 0.2) is 18.3 Å². The normalized spacial score (nSPS) is 20.6. The highest BCUT2D eigenvalue weighted by molar-refractivity contribution is 7.14. The van der Waals surface area contributed by atoms with Crippen molar-refractivity contribution >= 4 is 39.2 Å². The number of aromatic nitrogens is 4. The number of carbonyl (C=O) groups excluding carboxylic acids is 1. The zero-order chi connectivity index (χ0) is 20.5. The minimum absolute atomic E-state index is 0.0905. The number of amides is 1. The molecule has 0 unspecified atom stereocenters. The average molecular weight is 427 g/mol. The van der Waals surface area contributed by atoms with E-state index in [1.165, 1.54) is 18.0 Å². The summed E-state index contributed by atoms with van der Waals surface area (Å²) in [6, 6.07) is 4.10. The molecule has 1 aliphatic heterocycles. The molecule has 0 bridgehead atoms. The Balaban J connectivity index is 1.56. The first-order chi connectivity index (χ1) is 14.7. The van der Waals surface area contributed by atoms with E-state index in [-0.39, 0.29) is 17.9 Å². The summed E-state index contributed by atoms with van der Waals surface area (Å²) in [5, 5.41) is 10.3. The van der Waals surface area contributed by atoms with Crippen molar-refractivity contribution in [3.63, 3.8) is 0 Å². The highest BCUT2D eigenvalue weighted by Crippen LogP contribution is 2.37. The van der Waals surface area contributed by atoms with E-state index in [4.69, 9.17) is 9.72 Å². The molecule has 4 heterocycles. The Morgan fingerprint density at radius 3 is 2.97 bits per heavy atom. The first-order valence-electron chi connectivity index (χ1n) is 10.7. The summed E-state index contributed by atoms with van der Waals surface area (Å²) in [5.74, 6) is 1.05. The molecule has 9 heteroatoms. The van der Waals surface area contributed by atoms with Gasteiger partial charge in [0.2, 0.25) is 5.91 Å². The highest BCUT2D eigenvalue weighted by Gasteiger charge is 2.26. The molecule has 0 spiro atoms. The summed E-state index contributed by atoms with van der Waals surface area (Å²) in [5.41, 5.74) is 3.18. The lowest BCUT2D eigenvalue weighted by atomic mass is 9.88. The number of carbonyl (C=O) groups is 1. The van der Waals surface area contributed by atoms with Crippen molar-refractivity contribution in [2.24, 2.45) is 5.92 Å². The molecule has 1 saturated carbocycles. The van der Waals surface area contributed by atoms with Crippen molar-refractivity contribution in [1.29, 1.82) is 0 Å². The lowest BCUT2D eigenvalue weighted by Gasteiger charge is -2.34. The molecule has 1 amide bonds. The molecule has 0 aromatic carbocycles. The number of fused-ring (bicyclic) bond motifs is 1. The maximum Gasteiger partial charge on any atom is 0.227 e. The summed E-state index contributed by atoms with van der Waals surface area (Å²) < 4.78 is 11.1. The molecule has 3 aromatic heterocycles. The molecule has 30 heavy (non-hydrogen) atoms. The van der Waals surface area contributed by atoms with Crippen LogP contribution in [0.3, 0.4) is 0 Å². The molecule has 3 aromatic rings. The fraction of sp³-hybridized carbons (Fsp3) is 0.524. The Morgan fingerprint density at radius 2 is 2.20 bits per heavy atom. The molecule has 2 aliphatic rings. The second-order valence-corrected chi connectivity index (χ2v) is 8.92. The van der Waals surface area contributed by atoms with Gasteiger partial charge in [-0.2, -0.15) is 9.47 Å². The highest BCUT2D eigenvalue weighted by atomic mass is 32.1. The van der Waals surface area contributed by atoms with Crippen LogP contribution in [0.4, 0.5) is 11.5 Å². The van der Waals surface area contributed by atoms with Gasteiger partial charge in [-0.3, -0.25) is 9.89 Å². The smallest absolute Gasteiger partial charge is 0.227 e. The molecule has 1 aliphatic carbocycles. The largest absolute Gasteiger partial charge is 0.377 e. The van der Waals surface area contributed by atoms with Crippen molar-refractivity contribution < 1.29 is 9.53 Å². The third kappa shape index (κ3) is 3.67. The van der Waals surface area contributed by atoms with Gasteiger partial charge in [0, 0.05) is 24.7 Å². The van der Waals surface area contributed by atoms with Gasteiger partial charge < -0.3 is 15.0 Å². The van der Waals surface area contributed by atoms with Crippen LogP contribution >= 0.6 is 11.5 Å². The predicted molar refractivity (Wildman–Crippen MR) is 118 cm³/mol. The van der Waals surface area contributed by atoms with Gasteiger partial charge in [0.25, 0.3) is 0 Å². The van der Waals surface area contributed by atoms with Crippen LogP contribution < -0.4 is 10.2 Å². The summed E-state index contributed by atoms with van der Waals surface area (Å²) in [6.07, 6.45) is 7.13. The summed E-state index contributed by atoms with van der Waals surface area (Å²) in [7, 11) is 0. The van der Waals surface area contributed by atoms with E-state index in [9.17, 15) is 4.79 Å². The fourth-order valence-electron chi connectivity index (χ4n) is 4.38. The van der Waals surface area contributed by atoms with Crippen molar-refractivity contribution in [3.8, 4) is 11.4 Å². The van der Waals surface area contributed by atoms with Gasteiger partial charge >= 0.3 is 0 Å². The van der Waals surface area contributed by atoms with Gasteiger partial charge in [-0.15, -0.1) is 0 Å². The van der Waals surface area contributed by atoms with E-state index in [2.05, 4.69) is 31.7 Å². The summed E-state index contributed by atoms with van der Waals surface area (Å²) >= 11 is 1.37. The number of anilines is 2. The van der Waals surface area contributed by atoms with Crippen LogP contribution in [0.25, 0.3) is 21.6 Å². The molecule has 2 fully saturated rings. The molecular formula is C21H26N6O2S. The quantitative estimate of drug-likeness (QED) is 0.658. The lowest BCUT2D eigenvalue weighted by molar-refractivity contribution is -0.120.